The number of nitrogens with zero attached hydrogens (tertiary/aromatic N) is 2. The van der Waals surface area contributed by atoms with Crippen molar-refractivity contribution in [1.82, 2.24) is 9.80 Å². The molecule has 3 aliphatic rings. The number of likely N-dealkylation sites (tertiary alicyclic amines) is 2. The van der Waals surface area contributed by atoms with Crippen LogP contribution in [0.5, 0.6) is 5.75 Å². The van der Waals surface area contributed by atoms with E-state index in [0.717, 1.165) is 43.4 Å². The summed E-state index contributed by atoms with van der Waals surface area (Å²) in [7, 11) is 1.64. The van der Waals surface area contributed by atoms with Crippen LogP contribution in [-0.2, 0) is 16.0 Å². The average molecular weight is 370 g/mol. The van der Waals surface area contributed by atoms with Gasteiger partial charge in [-0.1, -0.05) is 31.9 Å². The maximum absolute atomic E-state index is 13.3. The molecule has 0 aromatic heterocycles. The molecule has 0 N–H and O–H groups in total. The van der Waals surface area contributed by atoms with Gasteiger partial charge in [0.2, 0.25) is 11.8 Å². The fourth-order valence-corrected chi connectivity index (χ4v) is 5.98. The van der Waals surface area contributed by atoms with E-state index in [1.165, 1.54) is 0 Å². The van der Waals surface area contributed by atoms with Crippen molar-refractivity contribution in [2.45, 2.75) is 70.5 Å². The Kier molecular flexibility index (Phi) is 4.65. The molecule has 1 aliphatic carbocycles. The van der Waals surface area contributed by atoms with Crippen molar-refractivity contribution in [2.24, 2.45) is 5.41 Å². The molecule has 1 aromatic carbocycles. The Morgan fingerprint density at radius 2 is 1.96 bits per heavy atom. The van der Waals surface area contributed by atoms with Gasteiger partial charge in [0.25, 0.3) is 0 Å². The van der Waals surface area contributed by atoms with E-state index in [0.29, 0.717) is 13.0 Å². The molecule has 2 bridgehead atoms. The lowest BCUT2D eigenvalue weighted by Crippen LogP contribution is -2.56. The van der Waals surface area contributed by atoms with Crippen LogP contribution >= 0.6 is 0 Å². The van der Waals surface area contributed by atoms with Crippen molar-refractivity contribution < 1.29 is 14.3 Å². The first-order valence-electron chi connectivity index (χ1n) is 10.2. The van der Waals surface area contributed by atoms with Gasteiger partial charge in [-0.2, -0.15) is 0 Å². The normalized spacial score (nSPS) is 32.2. The number of methoxy groups -OCH3 is 1. The van der Waals surface area contributed by atoms with Crippen molar-refractivity contribution >= 4 is 11.8 Å². The Balaban J connectivity index is 1.61. The highest BCUT2D eigenvalue weighted by Gasteiger charge is 2.60. The van der Waals surface area contributed by atoms with E-state index in [4.69, 9.17) is 4.74 Å². The summed E-state index contributed by atoms with van der Waals surface area (Å²) in [5, 5.41) is 0. The Hall–Kier alpha value is -2.04. The average Bonchev–Trinajstić information content (AvgIpc) is 2.75. The fraction of sp³-hybridized carbons (Fsp3) is 0.636. The quantitative estimate of drug-likeness (QED) is 0.822. The third-order valence-electron chi connectivity index (χ3n) is 7.09. The minimum Gasteiger partial charge on any atom is -0.497 e. The molecule has 2 heterocycles. The molecule has 0 unspecified atom stereocenters. The minimum absolute atomic E-state index is 0.0229. The molecule has 0 spiro atoms. The molecule has 2 amide bonds. The first kappa shape index (κ1) is 18.3. The number of fused-ring (bicyclic) bond motifs is 1. The summed E-state index contributed by atoms with van der Waals surface area (Å²) in [6, 6.07) is 8.44. The zero-order chi connectivity index (χ0) is 19.2. The van der Waals surface area contributed by atoms with E-state index < -0.39 is 0 Å². The second kappa shape index (κ2) is 6.84. The van der Waals surface area contributed by atoms with Gasteiger partial charge in [0.15, 0.2) is 0 Å². The lowest BCUT2D eigenvalue weighted by molar-refractivity contribution is -0.138. The summed E-state index contributed by atoms with van der Waals surface area (Å²) < 4.78 is 5.30. The molecule has 2 aliphatic heterocycles. The second-order valence-electron chi connectivity index (χ2n) is 8.68. The highest BCUT2D eigenvalue weighted by atomic mass is 16.5. The van der Waals surface area contributed by atoms with Crippen molar-refractivity contribution in [2.75, 3.05) is 13.7 Å². The first-order chi connectivity index (χ1) is 12.9. The van der Waals surface area contributed by atoms with Crippen LogP contribution in [0.4, 0.5) is 0 Å². The van der Waals surface area contributed by atoms with Crippen molar-refractivity contribution in [1.29, 1.82) is 0 Å². The van der Waals surface area contributed by atoms with Crippen molar-refractivity contribution in [3.8, 4) is 5.75 Å². The minimum atomic E-state index is 0.0229. The topological polar surface area (TPSA) is 49.9 Å². The lowest BCUT2D eigenvalue weighted by Gasteiger charge is -2.46. The molecule has 2 saturated heterocycles. The van der Waals surface area contributed by atoms with Gasteiger partial charge >= 0.3 is 0 Å². The number of benzene rings is 1. The summed E-state index contributed by atoms with van der Waals surface area (Å²) in [6.07, 6.45) is 5.82. The van der Waals surface area contributed by atoms with Crippen LogP contribution in [0.25, 0.3) is 0 Å². The number of hydrogen-bond acceptors (Lipinski definition) is 3. The molecular formula is C22H30N2O3. The molecule has 27 heavy (non-hydrogen) atoms. The molecule has 4 rings (SSSR count). The maximum Gasteiger partial charge on any atom is 0.227 e. The summed E-state index contributed by atoms with van der Waals surface area (Å²) >= 11 is 0. The van der Waals surface area contributed by atoms with Gasteiger partial charge in [0.1, 0.15) is 5.75 Å². The zero-order valence-electron chi connectivity index (χ0n) is 16.6. The first-order valence-corrected chi connectivity index (χ1v) is 10.2. The predicted octanol–water partition coefficient (Wildman–Crippen LogP) is 3.02. The lowest BCUT2D eigenvalue weighted by atomic mass is 9.71. The molecule has 1 saturated carbocycles. The van der Waals surface area contributed by atoms with Gasteiger partial charge in [-0.05, 0) is 37.0 Å². The van der Waals surface area contributed by atoms with Crippen LogP contribution in [0, 0.1) is 5.41 Å². The van der Waals surface area contributed by atoms with Gasteiger partial charge in [0.05, 0.1) is 19.6 Å². The second-order valence-corrected chi connectivity index (χ2v) is 8.68. The van der Waals surface area contributed by atoms with Crippen molar-refractivity contribution in [3.63, 3.8) is 0 Å². The summed E-state index contributed by atoms with van der Waals surface area (Å²) in [5.41, 5.74) is 1.01. The number of hydrogen-bond donors (Lipinski definition) is 0. The third-order valence-corrected chi connectivity index (χ3v) is 7.09. The molecule has 3 fully saturated rings. The maximum atomic E-state index is 13.3. The Labute approximate surface area is 161 Å². The number of rotatable bonds is 3. The van der Waals surface area contributed by atoms with Gasteiger partial charge in [0, 0.05) is 31.0 Å². The zero-order valence-corrected chi connectivity index (χ0v) is 16.6. The van der Waals surface area contributed by atoms with Crippen molar-refractivity contribution in [3.05, 3.63) is 29.8 Å². The number of carbonyl (C=O) groups is 2. The van der Waals surface area contributed by atoms with Crippen LogP contribution in [0.1, 0.15) is 51.5 Å². The third kappa shape index (κ3) is 3.01. The van der Waals surface area contributed by atoms with Gasteiger partial charge in [-0.25, -0.2) is 0 Å². The van der Waals surface area contributed by atoms with E-state index in [9.17, 15) is 9.59 Å². The van der Waals surface area contributed by atoms with Crippen LogP contribution in [0.15, 0.2) is 24.3 Å². The summed E-state index contributed by atoms with van der Waals surface area (Å²) in [5.74, 6) is 1.12. The number of amides is 2. The number of piperidine rings is 1. The summed E-state index contributed by atoms with van der Waals surface area (Å²) in [4.78, 5) is 29.9. The molecule has 4 atom stereocenters. The van der Waals surface area contributed by atoms with E-state index in [1.807, 2.05) is 24.3 Å². The van der Waals surface area contributed by atoms with Gasteiger partial charge in [-0.3, -0.25) is 9.59 Å². The van der Waals surface area contributed by atoms with Crippen LogP contribution in [-0.4, -0.2) is 53.4 Å². The van der Waals surface area contributed by atoms with Crippen LogP contribution in [0.2, 0.25) is 0 Å². The Morgan fingerprint density at radius 1 is 1.22 bits per heavy atom. The molecular weight excluding hydrogens is 340 g/mol. The predicted molar refractivity (Wildman–Crippen MR) is 103 cm³/mol. The molecule has 0 radical (unpaired) electrons. The monoisotopic (exact) mass is 370 g/mol. The number of carbonyl (C=O) groups excluding carboxylic acids is 2. The molecule has 5 heteroatoms. The fourth-order valence-electron chi connectivity index (χ4n) is 5.98. The van der Waals surface area contributed by atoms with E-state index >= 15 is 0 Å². The molecule has 5 nitrogen and oxygen atoms in total. The Bertz CT molecular complexity index is 749. The summed E-state index contributed by atoms with van der Waals surface area (Å²) in [6.45, 7) is 4.68. The van der Waals surface area contributed by atoms with Crippen LogP contribution < -0.4 is 4.74 Å². The van der Waals surface area contributed by atoms with E-state index in [1.54, 1.807) is 14.0 Å². The smallest absolute Gasteiger partial charge is 0.227 e. The van der Waals surface area contributed by atoms with Gasteiger partial charge < -0.3 is 14.5 Å². The molecule has 146 valence electrons. The van der Waals surface area contributed by atoms with Gasteiger partial charge in [-0.15, -0.1) is 0 Å². The Morgan fingerprint density at radius 3 is 2.67 bits per heavy atom. The SMILES string of the molecule is COc1cccc(CC(=O)N2C[C@@H]3C[C@@]4(C)[C@H](CCCC[C@@H]24)N3C(C)=O)c1. The number of ether oxygens (including phenoxy) is 1. The van der Waals surface area contributed by atoms with Crippen LogP contribution in [0.3, 0.4) is 0 Å². The highest BCUT2D eigenvalue weighted by molar-refractivity contribution is 5.80. The van der Waals surface area contributed by atoms with E-state index in [2.05, 4.69) is 16.7 Å². The largest absolute Gasteiger partial charge is 0.497 e. The molecule has 1 aromatic rings. The van der Waals surface area contributed by atoms with E-state index in [-0.39, 0.29) is 35.4 Å². The standard InChI is InChI=1S/C22H30N2O3/c1-15(25)24-17-13-22(2)19(9-4-5-10-20(22)24)23(14-17)21(26)12-16-7-6-8-18(11-16)27-3/h6-8,11,17,19-20H,4-5,9-10,12-14H2,1-3H3/t17-,19+,20-,22+/m0/s1. The highest BCUT2D eigenvalue weighted by Crippen LogP contribution is 2.53.